The summed E-state index contributed by atoms with van der Waals surface area (Å²) in [7, 11) is 6.14. The Morgan fingerprint density at radius 2 is 2.03 bits per heavy atom. The molecule has 0 bridgehead atoms. The van der Waals surface area contributed by atoms with Gasteiger partial charge in [0.05, 0.1) is 18.8 Å². The van der Waals surface area contributed by atoms with Gasteiger partial charge in [-0.2, -0.15) is 5.10 Å². The molecule has 1 aromatic carbocycles. The average Bonchev–Trinajstić information content (AvgIpc) is 3.16. The second-order valence-electron chi connectivity index (χ2n) is 8.82. The molecule has 1 fully saturated rings. The molecule has 0 radical (unpaired) electrons. The van der Waals surface area contributed by atoms with E-state index < -0.39 is 0 Å². The number of halogens is 1. The van der Waals surface area contributed by atoms with E-state index in [1.54, 1.807) is 0 Å². The van der Waals surface area contributed by atoms with Crippen LogP contribution in [0.3, 0.4) is 0 Å². The molecule has 0 spiro atoms. The van der Waals surface area contributed by atoms with Gasteiger partial charge in [-0.05, 0) is 46.3 Å². The van der Waals surface area contributed by atoms with Crippen molar-refractivity contribution in [2.45, 2.75) is 51.4 Å². The molecule has 3 atom stereocenters. The van der Waals surface area contributed by atoms with Crippen molar-refractivity contribution in [1.29, 1.82) is 0 Å². The van der Waals surface area contributed by atoms with Crippen molar-refractivity contribution in [3.8, 4) is 0 Å². The SMILES string of the molecule is CCNC(=NCC(c1cnn(C)c1)N(C)C)NC1CCN(Cc2ccccc2)C(C)C1.I. The van der Waals surface area contributed by atoms with Gasteiger partial charge in [-0.25, -0.2) is 0 Å². The number of guanidine groups is 1. The van der Waals surface area contributed by atoms with Gasteiger partial charge in [-0.15, -0.1) is 24.0 Å². The smallest absolute Gasteiger partial charge is 0.191 e. The maximum atomic E-state index is 4.93. The summed E-state index contributed by atoms with van der Waals surface area (Å²) in [5, 5.41) is 11.5. The van der Waals surface area contributed by atoms with Crippen LogP contribution in [0.1, 0.15) is 43.9 Å². The van der Waals surface area contributed by atoms with Gasteiger partial charge in [0.25, 0.3) is 0 Å². The minimum atomic E-state index is 0. The van der Waals surface area contributed by atoms with Crippen LogP contribution in [0.4, 0.5) is 0 Å². The van der Waals surface area contributed by atoms with Crippen molar-refractivity contribution in [3.63, 3.8) is 0 Å². The first-order valence-corrected chi connectivity index (χ1v) is 11.4. The molecule has 0 saturated carbocycles. The highest BCUT2D eigenvalue weighted by molar-refractivity contribution is 14.0. The van der Waals surface area contributed by atoms with Crippen LogP contribution >= 0.6 is 24.0 Å². The number of rotatable bonds is 8. The van der Waals surface area contributed by atoms with E-state index in [9.17, 15) is 0 Å². The summed E-state index contributed by atoms with van der Waals surface area (Å²) in [5.74, 6) is 0.909. The van der Waals surface area contributed by atoms with E-state index in [1.807, 2.05) is 17.9 Å². The predicted molar refractivity (Wildman–Crippen MR) is 144 cm³/mol. The fourth-order valence-corrected chi connectivity index (χ4v) is 4.27. The van der Waals surface area contributed by atoms with Crippen LogP contribution in [-0.4, -0.2) is 71.4 Å². The van der Waals surface area contributed by atoms with Gasteiger partial charge < -0.3 is 15.5 Å². The number of likely N-dealkylation sites (tertiary alicyclic amines) is 1. The molecule has 1 aromatic heterocycles. The first-order valence-electron chi connectivity index (χ1n) is 11.4. The first-order chi connectivity index (χ1) is 15.0. The Kier molecular flexibility index (Phi) is 10.9. The largest absolute Gasteiger partial charge is 0.357 e. The first kappa shape index (κ1) is 26.6. The third-order valence-electron chi connectivity index (χ3n) is 6.08. The highest BCUT2D eigenvalue weighted by Crippen LogP contribution is 2.20. The van der Waals surface area contributed by atoms with Crippen molar-refractivity contribution in [1.82, 2.24) is 30.2 Å². The Morgan fingerprint density at radius 3 is 2.62 bits per heavy atom. The summed E-state index contributed by atoms with van der Waals surface area (Å²) in [6, 6.07) is 12.0. The van der Waals surface area contributed by atoms with Gasteiger partial charge >= 0.3 is 0 Å². The zero-order valence-electron chi connectivity index (χ0n) is 20.2. The lowest BCUT2D eigenvalue weighted by atomic mass is 9.97. The van der Waals surface area contributed by atoms with E-state index >= 15 is 0 Å². The third-order valence-corrected chi connectivity index (χ3v) is 6.08. The minimum Gasteiger partial charge on any atom is -0.357 e. The second-order valence-corrected chi connectivity index (χ2v) is 8.82. The lowest BCUT2D eigenvalue weighted by molar-refractivity contribution is 0.134. The highest BCUT2D eigenvalue weighted by atomic mass is 127. The fourth-order valence-electron chi connectivity index (χ4n) is 4.27. The summed E-state index contributed by atoms with van der Waals surface area (Å²) in [6.07, 6.45) is 6.26. The van der Waals surface area contributed by atoms with E-state index in [1.165, 1.54) is 11.1 Å². The maximum absolute atomic E-state index is 4.93. The molecule has 1 saturated heterocycles. The number of benzene rings is 1. The van der Waals surface area contributed by atoms with Crippen molar-refractivity contribution in [2.24, 2.45) is 12.0 Å². The van der Waals surface area contributed by atoms with Gasteiger partial charge in [-0.1, -0.05) is 30.3 Å². The Labute approximate surface area is 210 Å². The van der Waals surface area contributed by atoms with Crippen molar-refractivity contribution < 1.29 is 0 Å². The Morgan fingerprint density at radius 1 is 1.28 bits per heavy atom. The van der Waals surface area contributed by atoms with Gasteiger partial charge in [0, 0.05) is 50.5 Å². The van der Waals surface area contributed by atoms with Gasteiger partial charge in [-0.3, -0.25) is 14.6 Å². The van der Waals surface area contributed by atoms with E-state index in [2.05, 4.69) is 90.0 Å². The number of nitrogens with zero attached hydrogens (tertiary/aromatic N) is 5. The number of aromatic nitrogens is 2. The van der Waals surface area contributed by atoms with Crippen molar-refractivity contribution in [3.05, 3.63) is 53.9 Å². The van der Waals surface area contributed by atoms with Crippen LogP contribution in [0.2, 0.25) is 0 Å². The van der Waals surface area contributed by atoms with Crippen LogP contribution in [0.15, 0.2) is 47.7 Å². The Bertz CT molecular complexity index is 821. The monoisotopic (exact) mass is 553 g/mol. The summed E-state index contributed by atoms with van der Waals surface area (Å²) in [6.45, 7) is 8.13. The number of hydrogen-bond donors (Lipinski definition) is 2. The Balaban J connectivity index is 0.00000363. The Hall–Kier alpha value is -1.65. The fraction of sp³-hybridized carbons (Fsp3) is 0.583. The topological polar surface area (TPSA) is 60.7 Å². The maximum Gasteiger partial charge on any atom is 0.191 e. The summed E-state index contributed by atoms with van der Waals surface area (Å²) in [5.41, 5.74) is 2.58. The number of hydrogen-bond acceptors (Lipinski definition) is 4. The van der Waals surface area contributed by atoms with E-state index in [0.717, 1.165) is 38.4 Å². The van der Waals surface area contributed by atoms with E-state index in [4.69, 9.17) is 4.99 Å². The molecular formula is C24H40IN7. The van der Waals surface area contributed by atoms with Crippen molar-refractivity contribution >= 4 is 29.9 Å². The van der Waals surface area contributed by atoms with Crippen LogP contribution < -0.4 is 10.6 Å². The molecule has 0 aliphatic carbocycles. The second kappa shape index (κ2) is 13.2. The van der Waals surface area contributed by atoms with E-state index in [-0.39, 0.29) is 30.0 Å². The van der Waals surface area contributed by atoms with Crippen LogP contribution in [-0.2, 0) is 13.6 Å². The molecule has 0 amide bonds. The number of nitrogens with one attached hydrogen (secondary N) is 2. The molecule has 1 aliphatic heterocycles. The quantitative estimate of drug-likeness (QED) is 0.299. The number of aliphatic imine (C=N–C) groups is 1. The van der Waals surface area contributed by atoms with Gasteiger partial charge in [0.15, 0.2) is 5.96 Å². The lowest BCUT2D eigenvalue weighted by Gasteiger charge is -2.38. The molecule has 7 nitrogen and oxygen atoms in total. The molecule has 2 heterocycles. The highest BCUT2D eigenvalue weighted by Gasteiger charge is 2.26. The summed E-state index contributed by atoms with van der Waals surface area (Å²) < 4.78 is 1.85. The average molecular weight is 554 g/mol. The molecule has 8 heteroatoms. The number of aryl methyl sites for hydroxylation is 1. The van der Waals surface area contributed by atoms with E-state index in [0.29, 0.717) is 18.6 Å². The minimum absolute atomic E-state index is 0. The zero-order valence-corrected chi connectivity index (χ0v) is 22.5. The predicted octanol–water partition coefficient (Wildman–Crippen LogP) is 3.25. The summed E-state index contributed by atoms with van der Waals surface area (Å²) >= 11 is 0. The van der Waals surface area contributed by atoms with Crippen molar-refractivity contribution in [2.75, 3.05) is 33.7 Å². The normalized spacial score (nSPS) is 20.6. The molecule has 3 rings (SSSR count). The molecule has 2 aromatic rings. The van der Waals surface area contributed by atoms with Crippen LogP contribution in [0.25, 0.3) is 0 Å². The molecule has 178 valence electrons. The molecule has 2 N–H and O–H groups in total. The molecule has 3 unspecified atom stereocenters. The summed E-state index contributed by atoms with van der Waals surface area (Å²) in [4.78, 5) is 9.72. The van der Waals surface area contributed by atoms with Gasteiger partial charge in [0.1, 0.15) is 0 Å². The standard InChI is InChI=1S/C24H39N7.HI/c1-6-25-24(26-16-23(29(3)4)21-15-27-30(5)18-21)28-22-12-13-31(19(2)14-22)17-20-10-8-7-9-11-20;/h7-11,15,18-19,22-23H,6,12-14,16-17H2,1-5H3,(H2,25,26,28);1H. The molecule has 1 aliphatic rings. The number of likely N-dealkylation sites (N-methyl/N-ethyl adjacent to an activating group) is 1. The van der Waals surface area contributed by atoms with Crippen LogP contribution in [0.5, 0.6) is 0 Å². The zero-order chi connectivity index (χ0) is 22.2. The third kappa shape index (κ3) is 7.74. The number of piperidine rings is 1. The lowest BCUT2D eigenvalue weighted by Crippen LogP contribution is -2.51. The molecule has 32 heavy (non-hydrogen) atoms. The molecular weight excluding hydrogens is 513 g/mol. The van der Waals surface area contributed by atoms with Gasteiger partial charge in [0.2, 0.25) is 0 Å². The van der Waals surface area contributed by atoms with Crippen LogP contribution in [0, 0.1) is 0 Å².